The Kier molecular flexibility index (Phi) is 5.47. The molecule has 4 aromatic rings. The second-order valence-corrected chi connectivity index (χ2v) is 6.44. The minimum atomic E-state index is -0.369. The zero-order chi connectivity index (χ0) is 20.9. The standard InChI is InChI=1S/C22H18FN5O2/c1-30-19-8-2-15(3-9-19)14-25-22(29)20-21(16-10-12-24-13-11-16)28(27-26-20)18-6-4-17(23)5-7-18/h2-13H,14H2,1H3,(H,25,29). The molecule has 8 heteroatoms. The molecule has 2 aromatic heterocycles. The van der Waals surface area contributed by atoms with Gasteiger partial charge >= 0.3 is 0 Å². The fraction of sp³-hybridized carbons (Fsp3) is 0.0909. The van der Waals surface area contributed by atoms with Crippen molar-refractivity contribution in [2.24, 2.45) is 0 Å². The summed E-state index contributed by atoms with van der Waals surface area (Å²) in [6.07, 6.45) is 3.24. The fourth-order valence-electron chi connectivity index (χ4n) is 2.98. The van der Waals surface area contributed by atoms with Gasteiger partial charge in [0.1, 0.15) is 17.3 Å². The summed E-state index contributed by atoms with van der Waals surface area (Å²) in [5.74, 6) is 0.0140. The van der Waals surface area contributed by atoms with Gasteiger partial charge in [0, 0.05) is 24.5 Å². The molecule has 0 bridgehead atoms. The van der Waals surface area contributed by atoms with E-state index < -0.39 is 0 Å². The molecule has 1 N–H and O–H groups in total. The second-order valence-electron chi connectivity index (χ2n) is 6.44. The predicted octanol–water partition coefficient (Wildman–Crippen LogP) is 3.41. The molecular formula is C22H18FN5O2. The third-order valence-electron chi connectivity index (χ3n) is 4.52. The van der Waals surface area contributed by atoms with Crippen LogP contribution < -0.4 is 10.1 Å². The van der Waals surface area contributed by atoms with Gasteiger partial charge in [-0.05, 0) is 54.1 Å². The van der Waals surface area contributed by atoms with Crippen LogP contribution >= 0.6 is 0 Å². The van der Waals surface area contributed by atoms with E-state index in [-0.39, 0.29) is 17.4 Å². The van der Waals surface area contributed by atoms with E-state index in [1.807, 2.05) is 24.3 Å². The highest BCUT2D eigenvalue weighted by atomic mass is 19.1. The highest BCUT2D eigenvalue weighted by molar-refractivity contribution is 5.98. The average molecular weight is 403 g/mol. The Morgan fingerprint density at radius 3 is 2.40 bits per heavy atom. The van der Waals surface area contributed by atoms with Gasteiger partial charge in [0.25, 0.3) is 5.91 Å². The SMILES string of the molecule is COc1ccc(CNC(=O)c2nnn(-c3ccc(F)cc3)c2-c2ccncc2)cc1. The maximum absolute atomic E-state index is 13.3. The molecule has 1 amide bonds. The normalized spacial score (nSPS) is 10.6. The summed E-state index contributed by atoms with van der Waals surface area (Å²) >= 11 is 0. The van der Waals surface area contributed by atoms with E-state index in [2.05, 4.69) is 20.6 Å². The Morgan fingerprint density at radius 2 is 1.73 bits per heavy atom. The number of carbonyl (C=O) groups excluding carboxylic acids is 1. The van der Waals surface area contributed by atoms with Crippen molar-refractivity contribution in [3.8, 4) is 22.7 Å². The van der Waals surface area contributed by atoms with Gasteiger partial charge in [0.15, 0.2) is 5.69 Å². The Bertz CT molecular complexity index is 1140. The fourth-order valence-corrected chi connectivity index (χ4v) is 2.98. The van der Waals surface area contributed by atoms with E-state index in [1.54, 1.807) is 43.8 Å². The van der Waals surface area contributed by atoms with Crippen molar-refractivity contribution >= 4 is 5.91 Å². The quantitative estimate of drug-likeness (QED) is 0.534. The largest absolute Gasteiger partial charge is 0.497 e. The van der Waals surface area contributed by atoms with Gasteiger partial charge in [-0.1, -0.05) is 17.3 Å². The zero-order valence-corrected chi connectivity index (χ0v) is 16.1. The first kappa shape index (κ1) is 19.3. The van der Waals surface area contributed by atoms with Crippen molar-refractivity contribution in [2.45, 2.75) is 6.54 Å². The number of pyridine rings is 1. The molecule has 0 aliphatic rings. The first-order chi connectivity index (χ1) is 14.7. The van der Waals surface area contributed by atoms with E-state index >= 15 is 0 Å². The predicted molar refractivity (Wildman–Crippen MR) is 109 cm³/mol. The van der Waals surface area contributed by atoms with Crippen molar-refractivity contribution in [3.63, 3.8) is 0 Å². The number of rotatable bonds is 6. The zero-order valence-electron chi connectivity index (χ0n) is 16.1. The Hall–Kier alpha value is -4.07. The molecule has 0 fully saturated rings. The third kappa shape index (κ3) is 4.02. The van der Waals surface area contributed by atoms with Crippen LogP contribution in [0.15, 0.2) is 73.1 Å². The maximum atomic E-state index is 13.3. The van der Waals surface area contributed by atoms with Gasteiger partial charge in [-0.15, -0.1) is 5.10 Å². The molecule has 150 valence electrons. The average Bonchev–Trinajstić information content (AvgIpc) is 3.24. The van der Waals surface area contributed by atoms with E-state index in [9.17, 15) is 9.18 Å². The summed E-state index contributed by atoms with van der Waals surface area (Å²) < 4.78 is 20.0. The highest BCUT2D eigenvalue weighted by Crippen LogP contribution is 2.25. The van der Waals surface area contributed by atoms with Crippen LogP contribution in [0.1, 0.15) is 16.1 Å². The number of hydrogen-bond acceptors (Lipinski definition) is 5. The van der Waals surface area contributed by atoms with Crippen LogP contribution in [0, 0.1) is 5.82 Å². The monoisotopic (exact) mass is 403 g/mol. The summed E-state index contributed by atoms with van der Waals surface area (Å²) in [7, 11) is 1.60. The smallest absolute Gasteiger partial charge is 0.274 e. The molecule has 0 saturated carbocycles. The molecule has 2 heterocycles. The molecule has 30 heavy (non-hydrogen) atoms. The van der Waals surface area contributed by atoms with E-state index in [1.165, 1.54) is 16.8 Å². The Morgan fingerprint density at radius 1 is 1.03 bits per heavy atom. The number of benzene rings is 2. The van der Waals surface area contributed by atoms with Crippen LogP contribution in [0.2, 0.25) is 0 Å². The number of nitrogens with one attached hydrogen (secondary N) is 1. The number of aromatic nitrogens is 4. The van der Waals surface area contributed by atoms with E-state index in [0.717, 1.165) is 11.3 Å². The highest BCUT2D eigenvalue weighted by Gasteiger charge is 2.22. The summed E-state index contributed by atoms with van der Waals surface area (Å²) in [6.45, 7) is 0.321. The number of amides is 1. The summed E-state index contributed by atoms with van der Waals surface area (Å²) in [6, 6.07) is 16.7. The van der Waals surface area contributed by atoms with Gasteiger partial charge in [0.05, 0.1) is 12.8 Å². The molecule has 0 aliphatic heterocycles. The lowest BCUT2D eigenvalue weighted by molar-refractivity contribution is 0.0946. The van der Waals surface area contributed by atoms with Gasteiger partial charge in [-0.2, -0.15) is 0 Å². The topological polar surface area (TPSA) is 81.9 Å². The van der Waals surface area contributed by atoms with Crippen molar-refractivity contribution in [1.29, 1.82) is 0 Å². The molecule has 4 rings (SSSR count). The molecule has 0 aliphatic carbocycles. The molecule has 0 saturated heterocycles. The summed E-state index contributed by atoms with van der Waals surface area (Å²) in [5, 5.41) is 11.1. The Labute approximate surface area is 172 Å². The van der Waals surface area contributed by atoms with E-state index in [0.29, 0.717) is 23.5 Å². The van der Waals surface area contributed by atoms with Crippen molar-refractivity contribution in [3.05, 3.63) is 90.1 Å². The van der Waals surface area contributed by atoms with Crippen LogP contribution in [-0.4, -0.2) is 33.0 Å². The number of carbonyl (C=O) groups is 1. The van der Waals surface area contributed by atoms with Crippen molar-refractivity contribution in [2.75, 3.05) is 7.11 Å². The lowest BCUT2D eigenvalue weighted by atomic mass is 10.1. The van der Waals surface area contributed by atoms with Crippen LogP contribution in [0.5, 0.6) is 5.75 Å². The summed E-state index contributed by atoms with van der Waals surface area (Å²) in [5.41, 5.74) is 2.88. The number of halogens is 1. The van der Waals surface area contributed by atoms with E-state index in [4.69, 9.17) is 4.74 Å². The van der Waals surface area contributed by atoms with Gasteiger partial charge in [0.2, 0.25) is 0 Å². The Balaban J connectivity index is 1.65. The number of ether oxygens (including phenoxy) is 1. The van der Waals surface area contributed by atoms with Crippen LogP contribution in [-0.2, 0) is 6.54 Å². The molecular weight excluding hydrogens is 385 g/mol. The van der Waals surface area contributed by atoms with Crippen LogP contribution in [0.4, 0.5) is 4.39 Å². The maximum Gasteiger partial charge on any atom is 0.274 e. The lowest BCUT2D eigenvalue weighted by Crippen LogP contribution is -2.24. The van der Waals surface area contributed by atoms with Gasteiger partial charge < -0.3 is 10.1 Å². The summed E-state index contributed by atoms with van der Waals surface area (Å²) in [4.78, 5) is 16.9. The molecule has 0 atom stereocenters. The second kappa shape index (κ2) is 8.52. The minimum absolute atomic E-state index is 0.166. The molecule has 0 spiro atoms. The van der Waals surface area contributed by atoms with Crippen molar-refractivity contribution < 1.29 is 13.9 Å². The number of hydrogen-bond donors (Lipinski definition) is 1. The van der Waals surface area contributed by atoms with Crippen LogP contribution in [0.25, 0.3) is 16.9 Å². The molecule has 0 radical (unpaired) electrons. The van der Waals surface area contributed by atoms with Crippen molar-refractivity contribution in [1.82, 2.24) is 25.3 Å². The lowest BCUT2D eigenvalue weighted by Gasteiger charge is -2.09. The number of methoxy groups -OCH3 is 1. The molecule has 7 nitrogen and oxygen atoms in total. The first-order valence-corrected chi connectivity index (χ1v) is 9.19. The first-order valence-electron chi connectivity index (χ1n) is 9.19. The van der Waals surface area contributed by atoms with Gasteiger partial charge in [-0.3, -0.25) is 9.78 Å². The molecule has 0 unspecified atom stereocenters. The van der Waals surface area contributed by atoms with Crippen LogP contribution in [0.3, 0.4) is 0 Å². The number of nitrogens with zero attached hydrogens (tertiary/aromatic N) is 4. The minimum Gasteiger partial charge on any atom is -0.497 e. The van der Waals surface area contributed by atoms with Gasteiger partial charge in [-0.25, -0.2) is 9.07 Å². The third-order valence-corrected chi connectivity index (χ3v) is 4.52. The molecule has 2 aromatic carbocycles.